The summed E-state index contributed by atoms with van der Waals surface area (Å²) >= 11 is 0. The third-order valence-corrected chi connectivity index (χ3v) is 3.19. The fourth-order valence-corrected chi connectivity index (χ4v) is 2.12. The van der Waals surface area contributed by atoms with Gasteiger partial charge in [-0.15, -0.1) is 0 Å². The van der Waals surface area contributed by atoms with Crippen LogP contribution in [0.4, 0.5) is 5.69 Å². The van der Waals surface area contributed by atoms with E-state index in [1.54, 1.807) is 12.1 Å². The van der Waals surface area contributed by atoms with Crippen molar-refractivity contribution >= 4 is 17.3 Å². The standard InChI is InChI=1S/C14H17N3O4/c18-14(16-15-11-6-2-1-3-7-11)10-21-13-9-5-4-8-12(13)17(19)20/h4-5,8-9H,1-3,6-7,10H2,(H,16,18). The van der Waals surface area contributed by atoms with E-state index in [1.807, 2.05) is 0 Å². The van der Waals surface area contributed by atoms with Gasteiger partial charge in [-0.05, 0) is 31.7 Å². The number of nitro groups is 1. The predicted molar refractivity (Wildman–Crippen MR) is 77.3 cm³/mol. The zero-order valence-corrected chi connectivity index (χ0v) is 11.6. The number of hydrazone groups is 1. The molecule has 1 fully saturated rings. The molecule has 2 rings (SSSR count). The molecule has 1 amide bonds. The Morgan fingerprint density at radius 1 is 1.29 bits per heavy atom. The summed E-state index contributed by atoms with van der Waals surface area (Å²) in [6.07, 6.45) is 5.22. The van der Waals surface area contributed by atoms with Gasteiger partial charge in [0.2, 0.25) is 0 Å². The first-order chi connectivity index (χ1) is 10.2. The van der Waals surface area contributed by atoms with Crippen molar-refractivity contribution in [3.63, 3.8) is 0 Å². The minimum Gasteiger partial charge on any atom is -0.477 e. The van der Waals surface area contributed by atoms with Crippen LogP contribution < -0.4 is 10.2 Å². The largest absolute Gasteiger partial charge is 0.477 e. The van der Waals surface area contributed by atoms with E-state index in [-0.39, 0.29) is 18.0 Å². The van der Waals surface area contributed by atoms with Crippen LogP contribution in [0.25, 0.3) is 0 Å². The molecule has 1 aliphatic carbocycles. The van der Waals surface area contributed by atoms with Crippen molar-refractivity contribution < 1.29 is 14.5 Å². The first-order valence-electron chi connectivity index (χ1n) is 6.87. The molecule has 1 saturated carbocycles. The molecule has 21 heavy (non-hydrogen) atoms. The molecule has 7 heteroatoms. The third kappa shape index (κ3) is 4.55. The van der Waals surface area contributed by atoms with Crippen LogP contribution in [0, 0.1) is 10.1 Å². The number of nitrogens with one attached hydrogen (secondary N) is 1. The summed E-state index contributed by atoms with van der Waals surface area (Å²) in [6, 6.07) is 5.94. The molecule has 0 saturated heterocycles. The maximum Gasteiger partial charge on any atom is 0.310 e. The van der Waals surface area contributed by atoms with Crippen molar-refractivity contribution in [3.8, 4) is 5.75 Å². The molecule has 0 atom stereocenters. The van der Waals surface area contributed by atoms with Gasteiger partial charge in [-0.2, -0.15) is 5.10 Å². The fraction of sp³-hybridized carbons (Fsp3) is 0.429. The Morgan fingerprint density at radius 3 is 2.71 bits per heavy atom. The van der Waals surface area contributed by atoms with Gasteiger partial charge in [-0.3, -0.25) is 14.9 Å². The molecular weight excluding hydrogens is 274 g/mol. The highest BCUT2D eigenvalue weighted by molar-refractivity contribution is 5.87. The summed E-state index contributed by atoms with van der Waals surface area (Å²) in [7, 11) is 0. The molecule has 1 aromatic carbocycles. The Labute approximate surface area is 122 Å². The Balaban J connectivity index is 1.85. The van der Waals surface area contributed by atoms with E-state index < -0.39 is 10.8 Å². The van der Waals surface area contributed by atoms with Gasteiger partial charge in [0.1, 0.15) is 0 Å². The van der Waals surface area contributed by atoms with Crippen LogP contribution in [0.5, 0.6) is 5.75 Å². The van der Waals surface area contributed by atoms with Gasteiger partial charge in [0.05, 0.1) is 4.92 Å². The molecule has 0 radical (unpaired) electrons. The Hall–Kier alpha value is -2.44. The highest BCUT2D eigenvalue weighted by Crippen LogP contribution is 2.25. The monoisotopic (exact) mass is 291 g/mol. The van der Waals surface area contributed by atoms with Crippen LogP contribution in [-0.2, 0) is 4.79 Å². The molecule has 7 nitrogen and oxygen atoms in total. The van der Waals surface area contributed by atoms with Crippen molar-refractivity contribution in [2.24, 2.45) is 5.10 Å². The van der Waals surface area contributed by atoms with Gasteiger partial charge in [0.15, 0.2) is 12.4 Å². The first-order valence-corrected chi connectivity index (χ1v) is 6.87. The average Bonchev–Trinajstić information content (AvgIpc) is 2.52. The highest BCUT2D eigenvalue weighted by atomic mass is 16.6. The topological polar surface area (TPSA) is 93.8 Å². The molecule has 0 aromatic heterocycles. The number of carbonyl (C=O) groups is 1. The summed E-state index contributed by atoms with van der Waals surface area (Å²) in [5.74, 6) is -0.353. The van der Waals surface area contributed by atoms with E-state index in [0.717, 1.165) is 31.4 Å². The summed E-state index contributed by atoms with van der Waals surface area (Å²) in [4.78, 5) is 21.9. The number of nitro benzene ring substituents is 1. The highest BCUT2D eigenvalue weighted by Gasteiger charge is 2.15. The van der Waals surface area contributed by atoms with E-state index >= 15 is 0 Å². The van der Waals surface area contributed by atoms with Crippen LogP contribution in [0.15, 0.2) is 29.4 Å². The third-order valence-electron chi connectivity index (χ3n) is 3.19. The molecule has 1 N–H and O–H groups in total. The maximum absolute atomic E-state index is 11.6. The van der Waals surface area contributed by atoms with Crippen LogP contribution >= 0.6 is 0 Å². The number of para-hydroxylation sites is 2. The van der Waals surface area contributed by atoms with Crippen LogP contribution in [0.3, 0.4) is 0 Å². The second-order valence-electron chi connectivity index (χ2n) is 4.79. The summed E-state index contributed by atoms with van der Waals surface area (Å²) < 4.78 is 5.18. The molecule has 0 bridgehead atoms. The number of carbonyl (C=O) groups excluding carboxylic acids is 1. The van der Waals surface area contributed by atoms with Gasteiger partial charge in [-0.25, -0.2) is 5.43 Å². The van der Waals surface area contributed by atoms with Crippen molar-refractivity contribution in [1.29, 1.82) is 0 Å². The lowest BCUT2D eigenvalue weighted by molar-refractivity contribution is -0.385. The summed E-state index contributed by atoms with van der Waals surface area (Å²) in [5, 5.41) is 14.9. The normalized spacial score (nSPS) is 14.4. The van der Waals surface area contributed by atoms with E-state index in [2.05, 4.69) is 10.5 Å². The average molecular weight is 291 g/mol. The lowest BCUT2D eigenvalue weighted by Crippen LogP contribution is -2.26. The smallest absolute Gasteiger partial charge is 0.310 e. The predicted octanol–water partition coefficient (Wildman–Crippen LogP) is 2.41. The second-order valence-corrected chi connectivity index (χ2v) is 4.79. The quantitative estimate of drug-likeness (QED) is 0.665. The summed E-state index contributed by atoms with van der Waals surface area (Å²) in [6.45, 7) is -0.304. The van der Waals surface area contributed by atoms with Gasteiger partial charge in [0, 0.05) is 11.8 Å². The minimum atomic E-state index is -0.546. The first kappa shape index (κ1) is 15.0. The molecule has 0 heterocycles. The molecule has 112 valence electrons. The lowest BCUT2D eigenvalue weighted by atomic mass is 9.99. The maximum atomic E-state index is 11.6. The van der Waals surface area contributed by atoms with E-state index in [9.17, 15) is 14.9 Å². The van der Waals surface area contributed by atoms with Crippen molar-refractivity contribution in [3.05, 3.63) is 34.4 Å². The molecular formula is C14H17N3O4. The Kier molecular flexibility index (Phi) is 5.25. The molecule has 1 aliphatic rings. The van der Waals surface area contributed by atoms with Gasteiger partial charge in [0.25, 0.3) is 5.91 Å². The number of hydrogen-bond acceptors (Lipinski definition) is 5. The van der Waals surface area contributed by atoms with Crippen molar-refractivity contribution in [2.45, 2.75) is 32.1 Å². The number of nitrogens with zero attached hydrogens (tertiary/aromatic N) is 2. The molecule has 1 aromatic rings. The number of benzene rings is 1. The van der Waals surface area contributed by atoms with Crippen LogP contribution in [0.2, 0.25) is 0 Å². The van der Waals surface area contributed by atoms with Crippen LogP contribution in [-0.4, -0.2) is 23.1 Å². The lowest BCUT2D eigenvalue weighted by Gasteiger charge is -2.12. The Bertz CT molecular complexity index is 549. The number of hydrogen-bond donors (Lipinski definition) is 1. The van der Waals surface area contributed by atoms with Gasteiger partial charge < -0.3 is 4.74 Å². The molecule has 0 spiro atoms. The molecule has 0 aliphatic heterocycles. The van der Waals surface area contributed by atoms with E-state index in [4.69, 9.17) is 4.74 Å². The molecule has 0 unspecified atom stereocenters. The number of rotatable bonds is 5. The summed E-state index contributed by atoms with van der Waals surface area (Å²) in [5.41, 5.74) is 3.25. The van der Waals surface area contributed by atoms with E-state index in [1.165, 1.54) is 18.6 Å². The van der Waals surface area contributed by atoms with E-state index in [0.29, 0.717) is 0 Å². The van der Waals surface area contributed by atoms with Gasteiger partial charge >= 0.3 is 5.69 Å². The van der Waals surface area contributed by atoms with Crippen molar-refractivity contribution in [1.82, 2.24) is 5.43 Å². The van der Waals surface area contributed by atoms with Gasteiger partial charge in [-0.1, -0.05) is 18.6 Å². The fourth-order valence-electron chi connectivity index (χ4n) is 2.12. The minimum absolute atomic E-state index is 0.0722. The number of ether oxygens (including phenoxy) is 1. The van der Waals surface area contributed by atoms with Crippen LogP contribution in [0.1, 0.15) is 32.1 Å². The Morgan fingerprint density at radius 2 is 2.00 bits per heavy atom. The second kappa shape index (κ2) is 7.37. The zero-order chi connectivity index (χ0) is 15.1. The zero-order valence-electron chi connectivity index (χ0n) is 11.6. The SMILES string of the molecule is O=C(COc1ccccc1[N+](=O)[O-])NN=C1CCCCC1. The number of amides is 1. The van der Waals surface area contributed by atoms with Crippen molar-refractivity contribution in [2.75, 3.05) is 6.61 Å².